The van der Waals surface area contributed by atoms with Gasteiger partial charge >= 0.3 is 0 Å². The predicted octanol–water partition coefficient (Wildman–Crippen LogP) is 0.413. The lowest BCUT2D eigenvalue weighted by molar-refractivity contribution is -0.129. The topological polar surface area (TPSA) is 35.6 Å². The number of hydrazine groups is 2. The number of carbonyl (C=O) groups excluding carboxylic acids is 1. The van der Waals surface area contributed by atoms with Crippen LogP contribution in [0.15, 0.2) is 0 Å². The Bertz CT molecular complexity index is 164. The van der Waals surface area contributed by atoms with Crippen molar-refractivity contribution in [3.05, 3.63) is 0 Å². The summed E-state index contributed by atoms with van der Waals surface area (Å²) in [6, 6.07) is 0.0454. The summed E-state index contributed by atoms with van der Waals surface area (Å²) in [5, 5.41) is 1.38. The molecule has 4 nitrogen and oxygen atoms in total. The quantitative estimate of drug-likeness (QED) is 0.394. The number of hydrogen-bond donors (Lipinski definition) is 1. The summed E-state index contributed by atoms with van der Waals surface area (Å²) in [7, 11) is 0. The van der Waals surface area contributed by atoms with Crippen molar-refractivity contribution in [1.82, 2.24) is 15.0 Å². The molecule has 1 atom stereocenters. The summed E-state index contributed by atoms with van der Waals surface area (Å²) in [5.74, 6) is 0.00866. The molecule has 1 aliphatic heterocycles. The van der Waals surface area contributed by atoms with E-state index in [4.69, 9.17) is 11.6 Å². The summed E-state index contributed by atoms with van der Waals surface area (Å²) in [4.78, 5) is 11.2. The number of alkyl halides is 1. The molecule has 0 aliphatic carbocycles. The van der Waals surface area contributed by atoms with E-state index in [9.17, 15) is 4.79 Å². The Kier molecular flexibility index (Phi) is 3.00. The maximum atomic E-state index is 11.2. The third-order valence-corrected chi connectivity index (χ3v) is 2.54. The van der Waals surface area contributed by atoms with E-state index in [1.807, 2.05) is 13.2 Å². The van der Waals surface area contributed by atoms with Crippen LogP contribution in [0.1, 0.15) is 6.92 Å². The standard InChI is InChI=1S/C5H10ClN3OS/c1-4-5(10)8(3-6)7-9(4)11-2/h4,7H,3H2,1-2H3. The molecular formula is C5H10ClN3OS. The van der Waals surface area contributed by atoms with Crippen molar-refractivity contribution >= 4 is 29.5 Å². The molecule has 6 heteroatoms. The normalized spacial score (nSPS) is 26.6. The first kappa shape index (κ1) is 9.12. The lowest BCUT2D eigenvalue weighted by atomic mass is 10.3. The van der Waals surface area contributed by atoms with Crippen LogP contribution in [0.2, 0.25) is 0 Å². The van der Waals surface area contributed by atoms with E-state index in [-0.39, 0.29) is 18.0 Å². The summed E-state index contributed by atoms with van der Waals surface area (Å²) >= 11 is 6.96. The molecule has 0 aromatic heterocycles. The van der Waals surface area contributed by atoms with Gasteiger partial charge in [-0.05, 0) is 13.2 Å². The highest BCUT2D eigenvalue weighted by Gasteiger charge is 2.34. The lowest BCUT2D eigenvalue weighted by Crippen LogP contribution is -2.36. The third kappa shape index (κ3) is 1.61. The molecule has 0 radical (unpaired) electrons. The molecule has 1 saturated heterocycles. The fraction of sp³-hybridized carbons (Fsp3) is 0.800. The second-order valence-corrected chi connectivity index (χ2v) is 3.17. The zero-order valence-electron chi connectivity index (χ0n) is 6.37. The van der Waals surface area contributed by atoms with Crippen LogP contribution in [-0.2, 0) is 4.79 Å². The number of nitrogens with zero attached hydrogens (tertiary/aromatic N) is 2. The van der Waals surface area contributed by atoms with Crippen molar-refractivity contribution in [3.63, 3.8) is 0 Å². The number of rotatable bonds is 2. The Labute approximate surface area is 74.9 Å². The molecule has 11 heavy (non-hydrogen) atoms. The molecule has 1 unspecified atom stereocenters. The highest BCUT2D eigenvalue weighted by molar-refractivity contribution is 7.96. The van der Waals surface area contributed by atoms with Crippen LogP contribution >= 0.6 is 23.5 Å². The van der Waals surface area contributed by atoms with Crippen LogP contribution in [0, 0.1) is 0 Å². The first-order chi connectivity index (χ1) is 5.20. The first-order valence-corrected chi connectivity index (χ1v) is 4.89. The lowest BCUT2D eigenvalue weighted by Gasteiger charge is -2.14. The van der Waals surface area contributed by atoms with Gasteiger partial charge in [-0.2, -0.15) is 9.95 Å². The number of carbonyl (C=O) groups is 1. The van der Waals surface area contributed by atoms with E-state index in [2.05, 4.69) is 5.53 Å². The molecule has 1 N–H and O–H groups in total. The predicted molar refractivity (Wildman–Crippen MR) is 45.5 cm³/mol. The van der Waals surface area contributed by atoms with Crippen molar-refractivity contribution < 1.29 is 4.79 Å². The molecule has 64 valence electrons. The maximum absolute atomic E-state index is 11.2. The Morgan fingerprint density at radius 2 is 2.45 bits per heavy atom. The molecule has 1 rings (SSSR count). The van der Waals surface area contributed by atoms with Gasteiger partial charge < -0.3 is 0 Å². The van der Waals surface area contributed by atoms with Gasteiger partial charge in [-0.3, -0.25) is 4.79 Å². The van der Waals surface area contributed by atoms with Crippen LogP contribution in [0.4, 0.5) is 0 Å². The van der Waals surface area contributed by atoms with Gasteiger partial charge in [0.2, 0.25) is 0 Å². The average Bonchev–Trinajstić information content (AvgIpc) is 2.30. The second-order valence-electron chi connectivity index (χ2n) is 2.17. The molecule has 0 aromatic rings. The third-order valence-electron chi connectivity index (χ3n) is 1.51. The second kappa shape index (κ2) is 3.62. The Hall–Kier alpha value is 0.0300. The number of amides is 1. The smallest absolute Gasteiger partial charge is 0.258 e. The molecule has 0 spiro atoms. The minimum absolute atomic E-state index is 0.00866. The van der Waals surface area contributed by atoms with Crippen molar-refractivity contribution in [1.29, 1.82) is 0 Å². The van der Waals surface area contributed by atoms with Crippen molar-refractivity contribution in [2.75, 3.05) is 12.3 Å². The van der Waals surface area contributed by atoms with Gasteiger partial charge in [0.05, 0.1) is 0 Å². The molecule has 0 bridgehead atoms. The van der Waals surface area contributed by atoms with E-state index in [1.165, 1.54) is 17.0 Å². The van der Waals surface area contributed by atoms with Crippen LogP contribution in [0.25, 0.3) is 0 Å². The van der Waals surface area contributed by atoms with Gasteiger partial charge in [-0.25, -0.2) is 5.01 Å². The van der Waals surface area contributed by atoms with Gasteiger partial charge in [-0.15, -0.1) is 11.6 Å². The van der Waals surface area contributed by atoms with E-state index in [1.54, 1.807) is 4.41 Å². The molecule has 1 fully saturated rings. The monoisotopic (exact) mass is 195 g/mol. The zero-order valence-corrected chi connectivity index (χ0v) is 7.95. The molecular weight excluding hydrogens is 186 g/mol. The van der Waals surface area contributed by atoms with Crippen molar-refractivity contribution in [2.45, 2.75) is 13.0 Å². The summed E-state index contributed by atoms with van der Waals surface area (Å²) < 4.78 is 1.75. The SMILES string of the molecule is CSN1NN(CCl)C(=O)C1C. The number of nitrogens with one attached hydrogen (secondary N) is 1. The fourth-order valence-corrected chi connectivity index (χ4v) is 1.62. The van der Waals surface area contributed by atoms with E-state index < -0.39 is 0 Å². The molecule has 0 aromatic carbocycles. The van der Waals surface area contributed by atoms with Gasteiger partial charge in [0, 0.05) is 0 Å². The molecule has 1 heterocycles. The van der Waals surface area contributed by atoms with E-state index in [0.29, 0.717) is 0 Å². The highest BCUT2D eigenvalue weighted by Crippen LogP contribution is 2.16. The minimum Gasteiger partial charge on any atom is -0.271 e. The summed E-state index contributed by atoms with van der Waals surface area (Å²) in [6.45, 7) is 1.83. The summed E-state index contributed by atoms with van der Waals surface area (Å²) in [6.07, 6.45) is 1.90. The Balaban J connectivity index is 2.61. The Morgan fingerprint density at radius 1 is 1.82 bits per heavy atom. The van der Waals surface area contributed by atoms with Gasteiger partial charge in [-0.1, -0.05) is 11.9 Å². The van der Waals surface area contributed by atoms with Crippen molar-refractivity contribution in [3.8, 4) is 0 Å². The minimum atomic E-state index is -0.135. The van der Waals surface area contributed by atoms with Crippen molar-refractivity contribution in [2.24, 2.45) is 0 Å². The number of hydrogen-bond acceptors (Lipinski definition) is 4. The van der Waals surface area contributed by atoms with E-state index >= 15 is 0 Å². The van der Waals surface area contributed by atoms with Gasteiger partial charge in [0.1, 0.15) is 12.0 Å². The largest absolute Gasteiger partial charge is 0.271 e. The fourth-order valence-electron chi connectivity index (χ4n) is 0.865. The molecule has 1 aliphatic rings. The van der Waals surface area contributed by atoms with E-state index in [0.717, 1.165) is 0 Å². The van der Waals surface area contributed by atoms with Gasteiger partial charge in [0.15, 0.2) is 0 Å². The summed E-state index contributed by atoms with van der Waals surface area (Å²) in [5.41, 5.74) is 2.84. The van der Waals surface area contributed by atoms with Crippen LogP contribution in [0.3, 0.4) is 0 Å². The first-order valence-electron chi connectivity index (χ1n) is 3.17. The Morgan fingerprint density at radius 3 is 2.73 bits per heavy atom. The van der Waals surface area contributed by atoms with Gasteiger partial charge in [0.25, 0.3) is 5.91 Å². The maximum Gasteiger partial charge on any atom is 0.258 e. The van der Waals surface area contributed by atoms with Crippen LogP contribution < -0.4 is 5.53 Å². The highest BCUT2D eigenvalue weighted by atomic mass is 35.5. The van der Waals surface area contributed by atoms with Crippen LogP contribution in [-0.4, -0.2) is 33.6 Å². The average molecular weight is 196 g/mol. The zero-order chi connectivity index (χ0) is 8.43. The van der Waals surface area contributed by atoms with Crippen LogP contribution in [0.5, 0.6) is 0 Å². The molecule has 1 amide bonds. The number of halogens is 1. The molecule has 0 saturated carbocycles.